The molecule has 1 atom stereocenters. The van der Waals surface area contributed by atoms with Crippen molar-refractivity contribution in [2.75, 3.05) is 26.2 Å². The molecule has 4 nitrogen and oxygen atoms in total. The summed E-state index contributed by atoms with van der Waals surface area (Å²) in [4.78, 5) is 15.9. The van der Waals surface area contributed by atoms with E-state index in [9.17, 15) is 4.79 Å². The Balaban J connectivity index is 1.58. The SMILES string of the molecule is O=C(OC(Sc1ccc(CN2CCCCC2)cc1)C(Cl)(Cl)Cl)C1CCNCC1. The fourth-order valence-electron chi connectivity index (χ4n) is 3.59. The number of likely N-dealkylation sites (tertiary alicyclic amines) is 1. The molecule has 0 amide bonds. The van der Waals surface area contributed by atoms with Crippen molar-refractivity contribution in [3.63, 3.8) is 0 Å². The van der Waals surface area contributed by atoms with Crippen molar-refractivity contribution in [1.82, 2.24) is 10.2 Å². The highest BCUT2D eigenvalue weighted by Crippen LogP contribution is 2.42. The number of rotatable bonds is 6. The van der Waals surface area contributed by atoms with Gasteiger partial charge in [-0.3, -0.25) is 9.69 Å². The van der Waals surface area contributed by atoms with Crippen LogP contribution in [0.25, 0.3) is 0 Å². The Kier molecular flexibility index (Phi) is 8.63. The van der Waals surface area contributed by atoms with Crippen molar-refractivity contribution in [2.24, 2.45) is 5.92 Å². The summed E-state index contributed by atoms with van der Waals surface area (Å²) in [6.07, 6.45) is 5.39. The molecule has 2 aliphatic heterocycles. The lowest BCUT2D eigenvalue weighted by molar-refractivity contribution is -0.150. The van der Waals surface area contributed by atoms with Crippen LogP contribution in [0.1, 0.15) is 37.7 Å². The van der Waals surface area contributed by atoms with Gasteiger partial charge in [-0.25, -0.2) is 0 Å². The minimum absolute atomic E-state index is 0.136. The third-order valence-corrected chi connectivity index (χ3v) is 7.38. The predicted octanol–water partition coefficient (Wildman–Crippen LogP) is 5.00. The van der Waals surface area contributed by atoms with Gasteiger partial charge in [0.1, 0.15) is 0 Å². The van der Waals surface area contributed by atoms with Crippen molar-refractivity contribution in [3.05, 3.63) is 29.8 Å². The van der Waals surface area contributed by atoms with E-state index in [1.54, 1.807) is 0 Å². The first-order valence-corrected chi connectivity index (χ1v) is 11.9. The lowest BCUT2D eigenvalue weighted by Gasteiger charge is -2.28. The normalized spacial score (nSPS) is 20.7. The minimum atomic E-state index is -1.69. The molecule has 1 unspecified atom stereocenters. The van der Waals surface area contributed by atoms with E-state index in [-0.39, 0.29) is 11.9 Å². The van der Waals surface area contributed by atoms with Gasteiger partial charge in [0.15, 0.2) is 5.44 Å². The average molecular weight is 466 g/mol. The van der Waals surface area contributed by atoms with E-state index in [2.05, 4.69) is 22.3 Å². The molecule has 2 saturated heterocycles. The van der Waals surface area contributed by atoms with Crippen LogP contribution in [0.2, 0.25) is 0 Å². The van der Waals surface area contributed by atoms with Gasteiger partial charge in [0.2, 0.25) is 3.79 Å². The number of piperidine rings is 2. The molecule has 1 aromatic rings. The fourth-order valence-corrected chi connectivity index (χ4v) is 4.94. The number of nitrogens with one attached hydrogen (secondary N) is 1. The quantitative estimate of drug-likeness (QED) is 0.277. The van der Waals surface area contributed by atoms with Crippen LogP contribution in [0.5, 0.6) is 0 Å². The number of hydrogen-bond acceptors (Lipinski definition) is 5. The number of esters is 1. The van der Waals surface area contributed by atoms with E-state index in [4.69, 9.17) is 39.5 Å². The van der Waals surface area contributed by atoms with E-state index in [0.717, 1.165) is 37.4 Å². The summed E-state index contributed by atoms with van der Waals surface area (Å²) in [5.41, 5.74) is 0.385. The Morgan fingerprint density at radius 2 is 1.79 bits per heavy atom. The van der Waals surface area contributed by atoms with Crippen LogP contribution in [0.3, 0.4) is 0 Å². The molecule has 0 aliphatic carbocycles. The molecule has 0 radical (unpaired) electrons. The molecule has 2 heterocycles. The first-order chi connectivity index (χ1) is 13.4. The van der Waals surface area contributed by atoms with Gasteiger partial charge in [-0.15, -0.1) is 0 Å². The van der Waals surface area contributed by atoms with Gasteiger partial charge in [-0.2, -0.15) is 0 Å². The summed E-state index contributed by atoms with van der Waals surface area (Å²) in [6, 6.07) is 8.21. The van der Waals surface area contributed by atoms with E-state index < -0.39 is 9.23 Å². The number of nitrogens with zero attached hydrogens (tertiary/aromatic N) is 1. The van der Waals surface area contributed by atoms with Crippen LogP contribution >= 0.6 is 46.6 Å². The summed E-state index contributed by atoms with van der Waals surface area (Å²) < 4.78 is 3.91. The standard InChI is InChI=1S/C20H27Cl3N2O2S/c21-20(22,23)19(27-18(26)16-8-10-24-11-9-16)28-17-6-4-15(5-7-17)14-25-12-2-1-3-13-25/h4-7,16,19,24H,1-3,8-14H2. The maximum absolute atomic E-state index is 12.5. The van der Waals surface area contributed by atoms with Gasteiger partial charge in [0.05, 0.1) is 5.92 Å². The second kappa shape index (κ2) is 10.7. The molecule has 2 aliphatic rings. The predicted molar refractivity (Wildman–Crippen MR) is 117 cm³/mol. The number of carbonyl (C=O) groups excluding carboxylic acids is 1. The van der Waals surface area contributed by atoms with E-state index in [1.165, 1.54) is 49.7 Å². The monoisotopic (exact) mass is 464 g/mol. The molecule has 156 valence electrons. The third-order valence-electron chi connectivity index (χ3n) is 5.18. The maximum atomic E-state index is 12.5. The number of ether oxygens (including phenoxy) is 1. The Morgan fingerprint density at radius 3 is 2.39 bits per heavy atom. The van der Waals surface area contributed by atoms with Gasteiger partial charge in [0, 0.05) is 11.4 Å². The number of hydrogen-bond donors (Lipinski definition) is 1. The Morgan fingerprint density at radius 1 is 1.14 bits per heavy atom. The van der Waals surface area contributed by atoms with Crippen LogP contribution < -0.4 is 5.32 Å². The summed E-state index contributed by atoms with van der Waals surface area (Å²) in [5, 5.41) is 3.23. The highest BCUT2D eigenvalue weighted by Gasteiger charge is 2.38. The van der Waals surface area contributed by atoms with E-state index in [1.807, 2.05) is 12.1 Å². The van der Waals surface area contributed by atoms with Crippen LogP contribution in [-0.2, 0) is 16.1 Å². The fraction of sp³-hybridized carbons (Fsp3) is 0.650. The van der Waals surface area contributed by atoms with Gasteiger partial charge in [-0.1, -0.05) is 65.1 Å². The molecule has 28 heavy (non-hydrogen) atoms. The summed E-state index contributed by atoms with van der Waals surface area (Å²) in [7, 11) is 0. The molecule has 0 aromatic heterocycles. The van der Waals surface area contributed by atoms with Crippen molar-refractivity contribution in [2.45, 2.75) is 52.8 Å². The smallest absolute Gasteiger partial charge is 0.310 e. The zero-order valence-corrected chi connectivity index (χ0v) is 18.9. The Labute approximate surface area is 186 Å². The highest BCUT2D eigenvalue weighted by atomic mass is 35.6. The molecule has 8 heteroatoms. The topological polar surface area (TPSA) is 41.6 Å². The molecule has 2 fully saturated rings. The first kappa shape index (κ1) is 22.5. The Bertz CT molecular complexity index is 627. The van der Waals surface area contributed by atoms with Crippen LogP contribution in [0, 0.1) is 5.92 Å². The van der Waals surface area contributed by atoms with Crippen molar-refractivity contribution >= 4 is 52.5 Å². The molecule has 1 aromatic carbocycles. The lowest BCUT2D eigenvalue weighted by atomic mass is 9.99. The molecule has 1 N–H and O–H groups in total. The molecular weight excluding hydrogens is 439 g/mol. The van der Waals surface area contributed by atoms with Crippen molar-refractivity contribution in [3.8, 4) is 0 Å². The molecule has 0 bridgehead atoms. The van der Waals surface area contributed by atoms with Crippen molar-refractivity contribution < 1.29 is 9.53 Å². The highest BCUT2D eigenvalue weighted by molar-refractivity contribution is 8.00. The second-order valence-electron chi connectivity index (χ2n) is 7.43. The number of carbonyl (C=O) groups is 1. The lowest BCUT2D eigenvalue weighted by Crippen LogP contribution is -2.36. The largest absolute Gasteiger partial charge is 0.446 e. The number of halogens is 3. The van der Waals surface area contributed by atoms with Crippen LogP contribution in [0.15, 0.2) is 29.2 Å². The van der Waals surface area contributed by atoms with Crippen molar-refractivity contribution in [1.29, 1.82) is 0 Å². The summed E-state index contributed by atoms with van der Waals surface area (Å²) >= 11 is 19.6. The number of thioether (sulfide) groups is 1. The summed E-state index contributed by atoms with van der Waals surface area (Å²) in [5.74, 6) is -0.421. The molecule has 3 rings (SSSR count). The second-order valence-corrected chi connectivity index (χ2v) is 10.9. The molecular formula is C20H27Cl3N2O2S. The van der Waals surface area contributed by atoms with Gasteiger partial charge < -0.3 is 10.1 Å². The van der Waals surface area contributed by atoms with Gasteiger partial charge in [-0.05, 0) is 69.6 Å². The van der Waals surface area contributed by atoms with Crippen LogP contribution in [-0.4, -0.2) is 46.3 Å². The van der Waals surface area contributed by atoms with Gasteiger partial charge in [0.25, 0.3) is 0 Å². The van der Waals surface area contributed by atoms with E-state index in [0.29, 0.717) is 0 Å². The molecule has 0 saturated carbocycles. The zero-order chi connectivity index (χ0) is 20.0. The first-order valence-electron chi connectivity index (χ1n) is 9.88. The number of alkyl halides is 3. The van der Waals surface area contributed by atoms with Gasteiger partial charge >= 0.3 is 5.97 Å². The zero-order valence-electron chi connectivity index (χ0n) is 15.8. The minimum Gasteiger partial charge on any atom is -0.446 e. The third kappa shape index (κ3) is 6.96. The average Bonchev–Trinajstić information content (AvgIpc) is 2.69. The van der Waals surface area contributed by atoms with E-state index >= 15 is 0 Å². The maximum Gasteiger partial charge on any atom is 0.310 e. The summed E-state index contributed by atoms with van der Waals surface area (Å²) in [6.45, 7) is 4.91. The molecule has 0 spiro atoms. The Hall–Kier alpha value is -0.170. The van der Waals surface area contributed by atoms with Crippen LogP contribution in [0.4, 0.5) is 0 Å². The number of benzene rings is 1.